The number of carbonyl (C=O) groups excluding carboxylic acids is 1. The number of amides is 2. The molecule has 0 radical (unpaired) electrons. The third-order valence-electron chi connectivity index (χ3n) is 4.15. The van der Waals surface area contributed by atoms with Crippen molar-refractivity contribution in [1.29, 1.82) is 0 Å². The van der Waals surface area contributed by atoms with E-state index in [4.69, 9.17) is 21.1 Å². The van der Waals surface area contributed by atoms with Gasteiger partial charge in [-0.15, -0.1) is 0 Å². The van der Waals surface area contributed by atoms with Crippen LogP contribution in [-0.4, -0.2) is 63.5 Å². The van der Waals surface area contributed by atoms with E-state index >= 15 is 0 Å². The Morgan fingerprint density at radius 3 is 2.56 bits per heavy atom. The first-order chi connectivity index (χ1) is 12.6. The first-order valence-electron chi connectivity index (χ1n) is 8.64. The molecule has 0 unspecified atom stereocenters. The molecule has 10 heteroatoms. The Morgan fingerprint density at radius 1 is 1.33 bits per heavy atom. The average molecular weight is 420 g/mol. The number of rotatable bonds is 6. The summed E-state index contributed by atoms with van der Waals surface area (Å²) >= 11 is 6.04. The maximum absolute atomic E-state index is 12.5. The first-order valence-corrected chi connectivity index (χ1v) is 10.6. The molecule has 0 bridgehead atoms. The minimum Gasteiger partial charge on any atom is -0.495 e. The summed E-state index contributed by atoms with van der Waals surface area (Å²) in [6.07, 6.45) is -0.305. The molecule has 0 saturated carbocycles. The lowest BCUT2D eigenvalue weighted by Gasteiger charge is -2.34. The van der Waals surface area contributed by atoms with Gasteiger partial charge >= 0.3 is 6.03 Å². The molecule has 0 aliphatic carbocycles. The zero-order chi connectivity index (χ0) is 20.2. The first kappa shape index (κ1) is 21.7. The van der Waals surface area contributed by atoms with Crippen molar-refractivity contribution in [2.45, 2.75) is 33.0 Å². The van der Waals surface area contributed by atoms with Gasteiger partial charge in [0.15, 0.2) is 0 Å². The highest BCUT2D eigenvalue weighted by Gasteiger charge is 2.30. The molecule has 2 amide bonds. The number of carbonyl (C=O) groups is 1. The Labute approximate surface area is 165 Å². The Balaban J connectivity index is 1.90. The second-order valence-corrected chi connectivity index (χ2v) is 9.07. The highest BCUT2D eigenvalue weighted by atomic mass is 35.5. The quantitative estimate of drug-likeness (QED) is 0.736. The van der Waals surface area contributed by atoms with Crippen molar-refractivity contribution >= 4 is 33.3 Å². The van der Waals surface area contributed by atoms with Crippen LogP contribution in [0.1, 0.15) is 19.4 Å². The van der Waals surface area contributed by atoms with Crippen LogP contribution in [0.5, 0.6) is 5.75 Å². The number of nitrogens with one attached hydrogen (secondary N) is 2. The van der Waals surface area contributed by atoms with Gasteiger partial charge in [-0.25, -0.2) is 13.2 Å². The maximum atomic E-state index is 12.5. The van der Waals surface area contributed by atoms with Gasteiger partial charge in [0.05, 0.1) is 30.8 Å². The van der Waals surface area contributed by atoms with Gasteiger partial charge in [-0.2, -0.15) is 4.31 Å². The highest BCUT2D eigenvalue weighted by molar-refractivity contribution is 7.89. The molecular weight excluding hydrogens is 394 g/mol. The van der Waals surface area contributed by atoms with Gasteiger partial charge in [0.25, 0.3) is 0 Å². The molecule has 1 aromatic rings. The Hall–Kier alpha value is -1.55. The van der Waals surface area contributed by atoms with Crippen molar-refractivity contribution in [3.8, 4) is 5.75 Å². The number of hydrogen-bond acceptors (Lipinski definition) is 5. The minimum atomic E-state index is -3.47. The van der Waals surface area contributed by atoms with Crippen molar-refractivity contribution in [1.82, 2.24) is 9.62 Å². The van der Waals surface area contributed by atoms with E-state index in [9.17, 15) is 13.2 Å². The van der Waals surface area contributed by atoms with Gasteiger partial charge in [0.1, 0.15) is 5.75 Å². The Bertz CT molecular complexity index is 777. The van der Waals surface area contributed by atoms with Crippen LogP contribution in [-0.2, 0) is 14.8 Å². The van der Waals surface area contributed by atoms with Gasteiger partial charge < -0.3 is 20.1 Å². The molecule has 1 aromatic carbocycles. The summed E-state index contributed by atoms with van der Waals surface area (Å²) in [5, 5.41) is 5.73. The van der Waals surface area contributed by atoms with E-state index in [1.807, 2.05) is 20.8 Å². The number of urea groups is 1. The monoisotopic (exact) mass is 419 g/mol. The van der Waals surface area contributed by atoms with E-state index in [0.717, 1.165) is 5.56 Å². The van der Waals surface area contributed by atoms with Crippen molar-refractivity contribution in [3.05, 3.63) is 22.7 Å². The van der Waals surface area contributed by atoms with Gasteiger partial charge in [0.2, 0.25) is 10.0 Å². The highest BCUT2D eigenvalue weighted by Crippen LogP contribution is 2.30. The van der Waals surface area contributed by atoms with Crippen LogP contribution in [0.4, 0.5) is 10.5 Å². The summed E-state index contributed by atoms with van der Waals surface area (Å²) in [5.74, 6) is 0.237. The topological polar surface area (TPSA) is 97.0 Å². The minimum absolute atomic E-state index is 0.0107. The van der Waals surface area contributed by atoms with E-state index in [1.54, 1.807) is 12.1 Å². The van der Waals surface area contributed by atoms with Crippen LogP contribution in [0.2, 0.25) is 5.02 Å². The van der Waals surface area contributed by atoms with Gasteiger partial charge in [-0.05, 0) is 32.4 Å². The van der Waals surface area contributed by atoms with Gasteiger partial charge in [0, 0.05) is 30.7 Å². The number of anilines is 1. The van der Waals surface area contributed by atoms with Crippen molar-refractivity contribution in [3.63, 3.8) is 0 Å². The van der Waals surface area contributed by atoms with E-state index in [1.165, 1.54) is 11.4 Å². The zero-order valence-electron chi connectivity index (χ0n) is 15.9. The molecule has 2 rings (SSSR count). The Kier molecular flexibility index (Phi) is 7.32. The van der Waals surface area contributed by atoms with Crippen LogP contribution in [0.25, 0.3) is 0 Å². The molecule has 2 atom stereocenters. The molecule has 1 fully saturated rings. The maximum Gasteiger partial charge on any atom is 0.319 e. The van der Waals surface area contributed by atoms with Crippen molar-refractivity contribution in [2.75, 3.05) is 37.8 Å². The van der Waals surface area contributed by atoms with Crippen LogP contribution >= 0.6 is 11.6 Å². The number of morpholine rings is 1. The molecule has 27 heavy (non-hydrogen) atoms. The molecule has 8 nitrogen and oxygen atoms in total. The fourth-order valence-corrected chi connectivity index (χ4v) is 4.52. The predicted octanol–water partition coefficient (Wildman–Crippen LogP) is 2.22. The molecule has 1 aliphatic rings. The third kappa shape index (κ3) is 5.97. The fraction of sp³-hybridized carbons (Fsp3) is 0.588. The normalized spacial score (nSPS) is 20.9. The SMILES string of the molecule is COc1cc(Cl)c(C)cc1NC(=O)NCCS(=O)(=O)N1C[C@@H](C)O[C@@H](C)C1. The third-order valence-corrected chi connectivity index (χ3v) is 6.37. The summed E-state index contributed by atoms with van der Waals surface area (Å²) in [4.78, 5) is 12.1. The number of aryl methyl sites for hydroxylation is 1. The number of ether oxygens (including phenoxy) is 2. The fourth-order valence-electron chi connectivity index (χ4n) is 2.88. The van der Waals surface area contributed by atoms with E-state index in [-0.39, 0.29) is 24.5 Å². The van der Waals surface area contributed by atoms with Gasteiger partial charge in [-0.3, -0.25) is 0 Å². The predicted molar refractivity (Wildman–Crippen MR) is 105 cm³/mol. The van der Waals surface area contributed by atoms with Gasteiger partial charge in [-0.1, -0.05) is 11.6 Å². The summed E-state index contributed by atoms with van der Waals surface area (Å²) in [6, 6.07) is 2.78. The summed E-state index contributed by atoms with van der Waals surface area (Å²) in [7, 11) is -2.00. The van der Waals surface area contributed by atoms with Crippen LogP contribution in [0, 0.1) is 6.92 Å². The number of methoxy groups -OCH3 is 1. The van der Waals surface area contributed by atoms with Crippen LogP contribution < -0.4 is 15.4 Å². The number of benzene rings is 1. The second kappa shape index (κ2) is 9.09. The van der Waals surface area contributed by atoms with E-state index in [0.29, 0.717) is 29.5 Å². The van der Waals surface area contributed by atoms with Crippen LogP contribution in [0.15, 0.2) is 12.1 Å². The zero-order valence-corrected chi connectivity index (χ0v) is 17.5. The number of sulfonamides is 1. The standard InChI is InChI=1S/C17H26ClN3O5S/c1-11-7-15(16(25-4)8-14(11)18)20-17(22)19-5-6-27(23,24)21-9-12(2)26-13(3)10-21/h7-8,12-13H,5-6,9-10H2,1-4H3,(H2,19,20,22)/t12-,13+. The lowest BCUT2D eigenvalue weighted by Crippen LogP contribution is -2.49. The lowest BCUT2D eigenvalue weighted by atomic mass is 10.2. The molecule has 152 valence electrons. The smallest absolute Gasteiger partial charge is 0.319 e. The Morgan fingerprint density at radius 2 is 1.96 bits per heavy atom. The van der Waals surface area contributed by atoms with Crippen LogP contribution in [0.3, 0.4) is 0 Å². The molecule has 1 heterocycles. The average Bonchev–Trinajstić information content (AvgIpc) is 2.57. The number of hydrogen-bond donors (Lipinski definition) is 2. The molecule has 0 spiro atoms. The number of nitrogens with zero attached hydrogens (tertiary/aromatic N) is 1. The summed E-state index contributed by atoms with van der Waals surface area (Å²) < 4.78 is 37.1. The lowest BCUT2D eigenvalue weighted by molar-refractivity contribution is -0.0440. The summed E-state index contributed by atoms with van der Waals surface area (Å²) in [6.45, 7) is 6.11. The number of halogens is 1. The second-order valence-electron chi connectivity index (χ2n) is 6.57. The van der Waals surface area contributed by atoms with E-state index in [2.05, 4.69) is 10.6 Å². The van der Waals surface area contributed by atoms with E-state index < -0.39 is 16.1 Å². The molecule has 1 aliphatic heterocycles. The molecule has 2 N–H and O–H groups in total. The molecule has 0 aromatic heterocycles. The van der Waals surface area contributed by atoms with Crippen molar-refractivity contribution < 1.29 is 22.7 Å². The molecular formula is C17H26ClN3O5S. The van der Waals surface area contributed by atoms with Crippen molar-refractivity contribution in [2.24, 2.45) is 0 Å². The molecule has 1 saturated heterocycles. The summed E-state index contributed by atoms with van der Waals surface area (Å²) in [5.41, 5.74) is 1.24. The largest absolute Gasteiger partial charge is 0.495 e.